The van der Waals surface area contributed by atoms with Crippen molar-refractivity contribution in [3.63, 3.8) is 0 Å². The molecule has 0 fully saturated rings. The van der Waals surface area contributed by atoms with E-state index in [9.17, 15) is 4.79 Å². The molecule has 0 bridgehead atoms. The normalized spacial score (nSPS) is 11.3. The molecule has 4 heteroatoms. The number of benzene rings is 1. The fourth-order valence-corrected chi connectivity index (χ4v) is 1.61. The van der Waals surface area contributed by atoms with Gasteiger partial charge in [-0.25, -0.2) is 0 Å². The van der Waals surface area contributed by atoms with Gasteiger partial charge < -0.3 is 5.32 Å². The maximum absolute atomic E-state index is 11.7. The van der Waals surface area contributed by atoms with E-state index in [1.807, 2.05) is 20.8 Å². The first kappa shape index (κ1) is 13.4. The van der Waals surface area contributed by atoms with E-state index in [1.54, 1.807) is 18.2 Å². The lowest BCUT2D eigenvalue weighted by atomic mass is 9.92. The molecule has 1 N–H and O–H groups in total. The van der Waals surface area contributed by atoms with Crippen LogP contribution in [0.25, 0.3) is 0 Å². The fourth-order valence-electron chi connectivity index (χ4n) is 1.28. The molecule has 1 rings (SSSR count). The Morgan fingerprint density at radius 2 is 2.06 bits per heavy atom. The van der Waals surface area contributed by atoms with Crippen LogP contribution >= 0.6 is 24.2 Å². The molecule has 0 heterocycles. The number of hydrogen-bond donors (Lipinski definition) is 2. The van der Waals surface area contributed by atoms with Crippen molar-refractivity contribution < 1.29 is 4.79 Å². The lowest BCUT2D eigenvalue weighted by Gasteiger charge is -2.17. The average Bonchev–Trinajstić information content (AvgIpc) is 2.08. The summed E-state index contributed by atoms with van der Waals surface area (Å²) in [4.78, 5) is 12.3. The maximum Gasteiger partial charge on any atom is 0.224 e. The van der Waals surface area contributed by atoms with Gasteiger partial charge in [0.05, 0.1) is 5.02 Å². The summed E-state index contributed by atoms with van der Waals surface area (Å²) in [6.07, 6.45) is 0.484. The quantitative estimate of drug-likeness (QED) is 0.771. The number of anilines is 1. The Labute approximate surface area is 107 Å². The summed E-state index contributed by atoms with van der Waals surface area (Å²) in [7, 11) is 0. The van der Waals surface area contributed by atoms with E-state index in [0.29, 0.717) is 16.3 Å². The van der Waals surface area contributed by atoms with E-state index < -0.39 is 0 Å². The number of amides is 1. The zero-order chi connectivity index (χ0) is 12.3. The van der Waals surface area contributed by atoms with E-state index in [0.717, 1.165) is 5.69 Å². The minimum Gasteiger partial charge on any atom is -0.326 e. The van der Waals surface area contributed by atoms with Gasteiger partial charge in [0.1, 0.15) is 0 Å². The van der Waals surface area contributed by atoms with Crippen molar-refractivity contribution in [2.75, 3.05) is 5.32 Å². The highest BCUT2D eigenvalue weighted by Crippen LogP contribution is 2.24. The predicted octanol–water partition coefficient (Wildman–Crippen LogP) is 4.00. The molecule has 88 valence electrons. The molecule has 0 unspecified atom stereocenters. The number of nitrogens with one attached hydrogen (secondary N) is 1. The molecule has 0 atom stereocenters. The summed E-state index contributed by atoms with van der Waals surface area (Å²) in [6.45, 7) is 6.08. The Kier molecular flexibility index (Phi) is 4.28. The second kappa shape index (κ2) is 5.11. The Bertz CT molecular complexity index is 398. The summed E-state index contributed by atoms with van der Waals surface area (Å²) in [5, 5.41) is 3.40. The van der Waals surface area contributed by atoms with Crippen LogP contribution in [0.4, 0.5) is 5.69 Å². The molecule has 2 nitrogen and oxygen atoms in total. The van der Waals surface area contributed by atoms with Gasteiger partial charge in [-0.05, 0) is 23.6 Å². The second-order valence-corrected chi connectivity index (χ2v) is 5.84. The summed E-state index contributed by atoms with van der Waals surface area (Å²) in [5.41, 5.74) is 0.712. The molecular formula is C12H16ClNOS. The van der Waals surface area contributed by atoms with Crippen molar-refractivity contribution in [2.45, 2.75) is 32.1 Å². The van der Waals surface area contributed by atoms with Gasteiger partial charge in [-0.15, -0.1) is 12.6 Å². The Hall–Kier alpha value is -0.670. The number of carbonyl (C=O) groups is 1. The monoisotopic (exact) mass is 257 g/mol. The molecule has 1 aromatic carbocycles. The lowest BCUT2D eigenvalue weighted by molar-refractivity contribution is -0.117. The third-order valence-corrected chi connectivity index (χ3v) is 2.75. The molecule has 16 heavy (non-hydrogen) atoms. The van der Waals surface area contributed by atoms with Crippen molar-refractivity contribution in [2.24, 2.45) is 5.41 Å². The van der Waals surface area contributed by atoms with E-state index in [4.69, 9.17) is 11.6 Å². The van der Waals surface area contributed by atoms with Crippen LogP contribution in [-0.2, 0) is 4.79 Å². The van der Waals surface area contributed by atoms with E-state index in [-0.39, 0.29) is 11.3 Å². The standard InChI is InChI=1S/C12H16ClNOS/c1-12(2,3)7-11(15)14-8-4-5-9(13)10(16)6-8/h4-6,16H,7H2,1-3H3,(H,14,15). The Morgan fingerprint density at radius 1 is 1.44 bits per heavy atom. The van der Waals surface area contributed by atoms with E-state index in [2.05, 4.69) is 17.9 Å². The van der Waals surface area contributed by atoms with Gasteiger partial charge in [0.15, 0.2) is 0 Å². The van der Waals surface area contributed by atoms with Gasteiger partial charge in [0.25, 0.3) is 0 Å². The highest BCUT2D eigenvalue weighted by Gasteiger charge is 2.15. The summed E-state index contributed by atoms with van der Waals surface area (Å²) < 4.78 is 0. The summed E-state index contributed by atoms with van der Waals surface area (Å²) in [5.74, 6) is 0.00237. The molecule has 0 aliphatic rings. The molecule has 0 aliphatic carbocycles. The number of thiol groups is 1. The number of halogens is 1. The number of rotatable bonds is 2. The van der Waals surface area contributed by atoms with Gasteiger partial charge in [0.2, 0.25) is 5.91 Å². The van der Waals surface area contributed by atoms with Crippen molar-refractivity contribution in [1.29, 1.82) is 0 Å². The fraction of sp³-hybridized carbons (Fsp3) is 0.417. The van der Waals surface area contributed by atoms with Crippen LogP contribution in [0.1, 0.15) is 27.2 Å². The van der Waals surface area contributed by atoms with Crippen LogP contribution in [0.3, 0.4) is 0 Å². The Morgan fingerprint density at radius 3 is 2.56 bits per heavy atom. The SMILES string of the molecule is CC(C)(C)CC(=O)Nc1ccc(Cl)c(S)c1. The molecule has 0 aromatic heterocycles. The zero-order valence-electron chi connectivity index (χ0n) is 9.67. The number of carbonyl (C=O) groups excluding carboxylic acids is 1. The zero-order valence-corrected chi connectivity index (χ0v) is 11.3. The molecule has 0 saturated heterocycles. The van der Waals surface area contributed by atoms with Crippen LogP contribution in [0.2, 0.25) is 5.02 Å². The molecule has 0 saturated carbocycles. The van der Waals surface area contributed by atoms with Crippen molar-refractivity contribution in [1.82, 2.24) is 0 Å². The van der Waals surface area contributed by atoms with Gasteiger partial charge >= 0.3 is 0 Å². The predicted molar refractivity (Wildman–Crippen MR) is 71.4 cm³/mol. The van der Waals surface area contributed by atoms with Gasteiger partial charge in [-0.3, -0.25) is 4.79 Å². The van der Waals surface area contributed by atoms with Crippen LogP contribution in [0.15, 0.2) is 23.1 Å². The molecule has 0 spiro atoms. The third-order valence-electron chi connectivity index (χ3n) is 1.92. The first-order chi connectivity index (χ1) is 7.28. The van der Waals surface area contributed by atoms with Crippen molar-refractivity contribution in [3.8, 4) is 0 Å². The maximum atomic E-state index is 11.7. The molecule has 0 aliphatic heterocycles. The largest absolute Gasteiger partial charge is 0.326 e. The highest BCUT2D eigenvalue weighted by molar-refractivity contribution is 7.80. The second-order valence-electron chi connectivity index (χ2n) is 4.95. The van der Waals surface area contributed by atoms with Crippen LogP contribution < -0.4 is 5.32 Å². The molecule has 1 aromatic rings. The first-order valence-electron chi connectivity index (χ1n) is 5.06. The van der Waals surface area contributed by atoms with Crippen LogP contribution in [0, 0.1) is 5.41 Å². The van der Waals surface area contributed by atoms with E-state index >= 15 is 0 Å². The Balaban J connectivity index is 2.67. The molecule has 0 radical (unpaired) electrons. The summed E-state index contributed by atoms with van der Waals surface area (Å²) >= 11 is 10.0. The van der Waals surface area contributed by atoms with Gasteiger partial charge in [-0.2, -0.15) is 0 Å². The van der Waals surface area contributed by atoms with Gasteiger partial charge in [0, 0.05) is 17.0 Å². The average molecular weight is 258 g/mol. The lowest BCUT2D eigenvalue weighted by Crippen LogP contribution is -2.19. The van der Waals surface area contributed by atoms with Crippen molar-refractivity contribution >= 4 is 35.8 Å². The first-order valence-corrected chi connectivity index (χ1v) is 5.89. The minimum atomic E-state index is -0.0136. The third kappa shape index (κ3) is 4.45. The van der Waals surface area contributed by atoms with Crippen LogP contribution in [-0.4, -0.2) is 5.91 Å². The molecule has 1 amide bonds. The number of hydrogen-bond acceptors (Lipinski definition) is 2. The minimum absolute atomic E-state index is 0.00237. The van der Waals surface area contributed by atoms with Crippen LogP contribution in [0.5, 0.6) is 0 Å². The smallest absolute Gasteiger partial charge is 0.224 e. The van der Waals surface area contributed by atoms with E-state index in [1.165, 1.54) is 0 Å². The summed E-state index contributed by atoms with van der Waals surface area (Å²) in [6, 6.07) is 5.23. The highest BCUT2D eigenvalue weighted by atomic mass is 35.5. The topological polar surface area (TPSA) is 29.1 Å². The molecular weight excluding hydrogens is 242 g/mol. The van der Waals surface area contributed by atoms with Crippen molar-refractivity contribution in [3.05, 3.63) is 23.2 Å². The van der Waals surface area contributed by atoms with Gasteiger partial charge in [-0.1, -0.05) is 32.4 Å².